The minimum Gasteiger partial charge on any atom is -0.274 e. The third kappa shape index (κ3) is 1.66. The zero-order valence-electron chi connectivity index (χ0n) is 12.4. The van der Waals surface area contributed by atoms with Crippen LogP contribution in [0.4, 0.5) is 5.69 Å². The first-order valence-corrected chi connectivity index (χ1v) is 7.71. The van der Waals surface area contributed by atoms with Crippen LogP contribution in [-0.4, -0.2) is 11.8 Å². The van der Waals surface area contributed by atoms with Gasteiger partial charge in [0.2, 0.25) is 11.8 Å². The fourth-order valence-corrected chi connectivity index (χ4v) is 4.27. The van der Waals surface area contributed by atoms with Gasteiger partial charge >= 0.3 is 0 Å². The highest BCUT2D eigenvalue weighted by Crippen LogP contribution is 2.50. The number of amides is 2. The average molecular weight is 281 g/mol. The van der Waals surface area contributed by atoms with Gasteiger partial charge in [0.15, 0.2) is 0 Å². The summed E-state index contributed by atoms with van der Waals surface area (Å²) < 4.78 is 0. The van der Waals surface area contributed by atoms with Crippen LogP contribution in [0, 0.1) is 37.5 Å². The molecule has 1 aliphatic heterocycles. The average Bonchev–Trinajstić information content (AvgIpc) is 2.77. The van der Waals surface area contributed by atoms with Crippen LogP contribution in [0.15, 0.2) is 30.4 Å². The molecule has 0 spiro atoms. The maximum atomic E-state index is 12.9. The molecule has 0 radical (unpaired) electrons. The Kier molecular flexibility index (Phi) is 2.62. The van der Waals surface area contributed by atoms with Gasteiger partial charge in [-0.15, -0.1) is 0 Å². The highest BCUT2D eigenvalue weighted by molar-refractivity contribution is 6.22. The summed E-state index contributed by atoms with van der Waals surface area (Å²) in [5.41, 5.74) is 2.84. The second-order valence-electron chi connectivity index (χ2n) is 6.64. The van der Waals surface area contributed by atoms with Crippen molar-refractivity contribution in [2.24, 2.45) is 23.7 Å². The molecule has 3 nitrogen and oxygen atoms in total. The molecule has 21 heavy (non-hydrogen) atoms. The Morgan fingerprint density at radius 2 is 1.52 bits per heavy atom. The number of hydrogen-bond acceptors (Lipinski definition) is 2. The molecule has 4 aliphatic rings. The molecular weight excluding hydrogens is 262 g/mol. The van der Waals surface area contributed by atoms with Crippen LogP contribution in [0.5, 0.6) is 0 Å². The van der Waals surface area contributed by atoms with Gasteiger partial charge in [0, 0.05) is 0 Å². The highest BCUT2D eigenvalue weighted by Gasteiger charge is 2.57. The van der Waals surface area contributed by atoms with Gasteiger partial charge < -0.3 is 0 Å². The van der Waals surface area contributed by atoms with Gasteiger partial charge in [-0.3, -0.25) is 9.59 Å². The molecular formula is C18H19NO2. The fourth-order valence-electron chi connectivity index (χ4n) is 4.27. The molecule has 108 valence electrons. The lowest BCUT2D eigenvalue weighted by molar-refractivity contribution is -0.124. The molecule has 0 aromatic heterocycles. The van der Waals surface area contributed by atoms with Crippen LogP contribution in [0.25, 0.3) is 0 Å². The molecule has 1 aromatic carbocycles. The molecule has 1 saturated heterocycles. The number of benzene rings is 1. The van der Waals surface area contributed by atoms with E-state index in [2.05, 4.69) is 12.2 Å². The van der Waals surface area contributed by atoms with Crippen molar-refractivity contribution in [3.63, 3.8) is 0 Å². The molecule has 2 amide bonds. The minimum atomic E-state index is -0.124. The first-order chi connectivity index (χ1) is 10.1. The van der Waals surface area contributed by atoms with Crippen molar-refractivity contribution in [3.8, 4) is 0 Å². The normalized spacial score (nSPS) is 33.7. The molecule has 2 fully saturated rings. The van der Waals surface area contributed by atoms with E-state index in [-0.39, 0.29) is 35.5 Å². The van der Waals surface area contributed by atoms with E-state index in [4.69, 9.17) is 0 Å². The summed E-state index contributed by atoms with van der Waals surface area (Å²) in [5.74, 6) is 0.288. The number of carbonyl (C=O) groups is 2. The Balaban J connectivity index is 1.80. The van der Waals surface area contributed by atoms with Gasteiger partial charge in [0.05, 0.1) is 17.5 Å². The molecule has 3 heteroatoms. The summed E-state index contributed by atoms with van der Waals surface area (Å²) in [7, 11) is 0. The topological polar surface area (TPSA) is 37.4 Å². The number of hydrogen-bond donors (Lipinski definition) is 0. The maximum Gasteiger partial charge on any atom is 0.238 e. The summed E-state index contributed by atoms with van der Waals surface area (Å²) in [6.45, 7) is 3.95. The molecule has 0 N–H and O–H groups in total. The predicted octanol–water partition coefficient (Wildman–Crippen LogP) is 3.01. The number of rotatable bonds is 1. The van der Waals surface area contributed by atoms with Crippen LogP contribution >= 0.6 is 0 Å². The zero-order chi connectivity index (χ0) is 14.7. The molecule has 3 aliphatic carbocycles. The van der Waals surface area contributed by atoms with E-state index >= 15 is 0 Å². The van der Waals surface area contributed by atoms with Crippen molar-refractivity contribution in [1.29, 1.82) is 0 Å². The third-order valence-electron chi connectivity index (χ3n) is 5.36. The van der Waals surface area contributed by atoms with E-state index in [0.29, 0.717) is 0 Å². The van der Waals surface area contributed by atoms with Crippen LogP contribution in [0.1, 0.15) is 24.0 Å². The highest BCUT2D eigenvalue weighted by atomic mass is 16.2. The lowest BCUT2D eigenvalue weighted by atomic mass is 9.63. The summed E-state index contributed by atoms with van der Waals surface area (Å²) in [5, 5.41) is 0. The van der Waals surface area contributed by atoms with E-state index in [1.165, 1.54) is 4.90 Å². The zero-order valence-corrected chi connectivity index (χ0v) is 12.4. The summed E-state index contributed by atoms with van der Waals surface area (Å²) >= 11 is 0. The van der Waals surface area contributed by atoms with Crippen molar-refractivity contribution in [2.75, 3.05) is 4.90 Å². The summed E-state index contributed by atoms with van der Waals surface area (Å²) in [4.78, 5) is 27.2. The molecule has 0 unspecified atom stereocenters. The van der Waals surface area contributed by atoms with E-state index in [0.717, 1.165) is 29.7 Å². The number of aryl methyl sites for hydroxylation is 2. The maximum absolute atomic E-state index is 12.9. The standard InChI is InChI=1S/C18H19NO2/c1-10-3-4-11(2)14(9-10)19-17(20)15-12-5-6-13(8-7-12)16(15)18(19)21/h3-6,9,12-13,15-16H,7-8H2,1-2H3/t12-,13-,15+,16+/m1/s1. The third-order valence-corrected chi connectivity index (χ3v) is 5.36. The van der Waals surface area contributed by atoms with Crippen molar-refractivity contribution < 1.29 is 9.59 Å². The lowest BCUT2D eigenvalue weighted by Gasteiger charge is -2.38. The van der Waals surface area contributed by atoms with Crippen molar-refractivity contribution in [1.82, 2.24) is 0 Å². The lowest BCUT2D eigenvalue weighted by Crippen LogP contribution is -2.38. The van der Waals surface area contributed by atoms with Crippen LogP contribution in [0.2, 0.25) is 0 Å². The molecule has 5 rings (SSSR count). The first-order valence-electron chi connectivity index (χ1n) is 7.71. The minimum absolute atomic E-state index is 0.0118. The number of nitrogens with zero attached hydrogens (tertiary/aromatic N) is 1. The second kappa shape index (κ2) is 4.30. The molecule has 1 heterocycles. The van der Waals surface area contributed by atoms with Gasteiger partial charge in [0.25, 0.3) is 0 Å². The number of imide groups is 1. The molecule has 2 bridgehead atoms. The largest absolute Gasteiger partial charge is 0.274 e. The van der Waals surface area contributed by atoms with E-state index < -0.39 is 0 Å². The number of carbonyl (C=O) groups excluding carboxylic acids is 2. The summed E-state index contributed by atoms with van der Waals surface area (Å²) in [6.07, 6.45) is 6.41. The molecule has 1 saturated carbocycles. The second-order valence-corrected chi connectivity index (χ2v) is 6.64. The van der Waals surface area contributed by atoms with Crippen molar-refractivity contribution in [2.45, 2.75) is 26.7 Å². The van der Waals surface area contributed by atoms with Crippen LogP contribution < -0.4 is 4.90 Å². The Morgan fingerprint density at radius 1 is 0.952 bits per heavy atom. The predicted molar refractivity (Wildman–Crippen MR) is 80.7 cm³/mol. The Morgan fingerprint density at radius 3 is 2.05 bits per heavy atom. The number of fused-ring (bicyclic) bond motifs is 1. The van der Waals surface area contributed by atoms with E-state index in [1.807, 2.05) is 32.0 Å². The van der Waals surface area contributed by atoms with Gasteiger partial charge in [-0.2, -0.15) is 0 Å². The summed E-state index contributed by atoms with van der Waals surface area (Å²) in [6, 6.07) is 5.96. The molecule has 1 aromatic rings. The van der Waals surface area contributed by atoms with Gasteiger partial charge in [-0.1, -0.05) is 24.3 Å². The Labute approximate surface area is 124 Å². The number of anilines is 1. The van der Waals surface area contributed by atoms with Crippen molar-refractivity contribution in [3.05, 3.63) is 41.5 Å². The Bertz CT molecular complexity index is 644. The van der Waals surface area contributed by atoms with Crippen LogP contribution in [-0.2, 0) is 9.59 Å². The first kappa shape index (κ1) is 12.8. The Hall–Kier alpha value is -1.90. The van der Waals surface area contributed by atoms with Crippen molar-refractivity contribution >= 4 is 17.5 Å². The smallest absolute Gasteiger partial charge is 0.238 e. The molecule has 4 atom stereocenters. The fraction of sp³-hybridized carbons (Fsp3) is 0.444. The number of allylic oxidation sites excluding steroid dienone is 2. The van der Waals surface area contributed by atoms with E-state index in [9.17, 15) is 9.59 Å². The van der Waals surface area contributed by atoms with Gasteiger partial charge in [-0.25, -0.2) is 4.90 Å². The van der Waals surface area contributed by atoms with Gasteiger partial charge in [-0.05, 0) is 55.7 Å². The van der Waals surface area contributed by atoms with Crippen LogP contribution in [0.3, 0.4) is 0 Å². The van der Waals surface area contributed by atoms with E-state index in [1.54, 1.807) is 0 Å². The van der Waals surface area contributed by atoms with Gasteiger partial charge in [0.1, 0.15) is 0 Å². The SMILES string of the molecule is Cc1ccc(C)c(N2C(=O)[C@@H]3[C@@H](C2=O)[C@@H]2C=C[C@@H]3CC2)c1. The quantitative estimate of drug-likeness (QED) is 0.586. The monoisotopic (exact) mass is 281 g/mol.